The van der Waals surface area contributed by atoms with Gasteiger partial charge in [-0.15, -0.1) is 12.3 Å². The quantitative estimate of drug-likeness (QED) is 0.424. The van der Waals surface area contributed by atoms with Crippen LogP contribution >= 0.6 is 0 Å². The molecule has 0 spiro atoms. The molecular formula is C13H25N. The van der Waals surface area contributed by atoms with E-state index in [2.05, 4.69) is 31.6 Å². The summed E-state index contributed by atoms with van der Waals surface area (Å²) in [5.74, 6) is 2.71. The summed E-state index contributed by atoms with van der Waals surface area (Å²) >= 11 is 0. The molecule has 0 aliphatic heterocycles. The van der Waals surface area contributed by atoms with Crippen LogP contribution in [0.3, 0.4) is 0 Å². The van der Waals surface area contributed by atoms with Crippen LogP contribution in [0.2, 0.25) is 0 Å². The lowest BCUT2D eigenvalue weighted by molar-refractivity contribution is 0.199. The molecule has 0 radical (unpaired) electrons. The maximum Gasteiger partial charge on any atom is 0.00982 e. The van der Waals surface area contributed by atoms with Crippen LogP contribution < -0.4 is 0 Å². The van der Waals surface area contributed by atoms with Crippen molar-refractivity contribution in [1.29, 1.82) is 0 Å². The second-order valence-electron chi connectivity index (χ2n) is 3.95. The molecule has 0 amide bonds. The summed E-state index contributed by atoms with van der Waals surface area (Å²) in [6.45, 7) is 9.21. The van der Waals surface area contributed by atoms with E-state index in [0.717, 1.165) is 12.8 Å². The van der Waals surface area contributed by atoms with Gasteiger partial charge in [-0.25, -0.2) is 0 Å². The summed E-state index contributed by atoms with van der Waals surface area (Å²) in [5.41, 5.74) is 0. The molecule has 0 aromatic carbocycles. The van der Waals surface area contributed by atoms with Gasteiger partial charge in [-0.3, -0.25) is 0 Å². The minimum absolute atomic E-state index is 0.708. The first-order chi connectivity index (χ1) is 6.76. The van der Waals surface area contributed by atoms with Gasteiger partial charge in [0.15, 0.2) is 0 Å². The van der Waals surface area contributed by atoms with E-state index in [1.807, 2.05) is 0 Å². The van der Waals surface area contributed by atoms with Crippen LogP contribution in [0, 0.1) is 12.3 Å². The summed E-state index contributed by atoms with van der Waals surface area (Å²) in [7, 11) is 0. The minimum atomic E-state index is 0.708. The Morgan fingerprint density at radius 3 is 2.36 bits per heavy atom. The molecule has 0 bridgehead atoms. The van der Waals surface area contributed by atoms with Gasteiger partial charge in [-0.1, -0.05) is 20.3 Å². The molecule has 0 saturated heterocycles. The minimum Gasteiger partial charge on any atom is -0.301 e. The summed E-state index contributed by atoms with van der Waals surface area (Å²) in [6.07, 6.45) is 11.1. The van der Waals surface area contributed by atoms with Crippen molar-refractivity contribution in [3.05, 3.63) is 0 Å². The van der Waals surface area contributed by atoms with Crippen LogP contribution in [0.1, 0.15) is 52.9 Å². The lowest BCUT2D eigenvalue weighted by Crippen LogP contribution is -2.34. The molecule has 0 N–H and O–H groups in total. The highest BCUT2D eigenvalue weighted by molar-refractivity contribution is 4.83. The number of hydrogen-bond acceptors (Lipinski definition) is 1. The van der Waals surface area contributed by atoms with E-state index in [-0.39, 0.29) is 0 Å². The largest absolute Gasteiger partial charge is 0.301 e. The topological polar surface area (TPSA) is 3.24 Å². The van der Waals surface area contributed by atoms with Crippen LogP contribution in [0.5, 0.6) is 0 Å². The Balaban J connectivity index is 3.79. The summed E-state index contributed by atoms with van der Waals surface area (Å²) < 4.78 is 0. The highest BCUT2D eigenvalue weighted by Gasteiger charge is 2.10. The first-order valence-corrected chi connectivity index (χ1v) is 5.93. The maximum atomic E-state index is 5.25. The van der Waals surface area contributed by atoms with Crippen LogP contribution in [0.15, 0.2) is 0 Å². The number of rotatable bonds is 8. The standard InChI is InChI=1S/C13H25N/c1-5-8-10-12-14(11-9-6-2)13(4)7-3/h1,13H,6-12H2,2-4H3. The first kappa shape index (κ1) is 13.5. The highest BCUT2D eigenvalue weighted by atomic mass is 15.1. The van der Waals surface area contributed by atoms with Crippen LogP contribution in [0.25, 0.3) is 0 Å². The first-order valence-electron chi connectivity index (χ1n) is 5.93. The van der Waals surface area contributed by atoms with Crippen molar-refractivity contribution in [2.24, 2.45) is 0 Å². The molecule has 1 nitrogen and oxygen atoms in total. The van der Waals surface area contributed by atoms with Gasteiger partial charge in [0.05, 0.1) is 0 Å². The SMILES string of the molecule is C#CCCCN(CCCC)C(C)CC. The average molecular weight is 195 g/mol. The van der Waals surface area contributed by atoms with Gasteiger partial charge < -0.3 is 4.90 Å². The number of nitrogens with zero attached hydrogens (tertiary/aromatic N) is 1. The fourth-order valence-electron chi connectivity index (χ4n) is 1.56. The lowest BCUT2D eigenvalue weighted by atomic mass is 10.1. The van der Waals surface area contributed by atoms with E-state index in [1.54, 1.807) is 0 Å². The summed E-state index contributed by atoms with van der Waals surface area (Å²) in [6, 6.07) is 0.708. The van der Waals surface area contributed by atoms with Gasteiger partial charge in [-0.05, 0) is 39.3 Å². The van der Waals surface area contributed by atoms with Crippen molar-refractivity contribution < 1.29 is 0 Å². The Kier molecular flexibility index (Phi) is 8.78. The molecule has 0 aliphatic carbocycles. The van der Waals surface area contributed by atoms with Crippen molar-refractivity contribution in [2.75, 3.05) is 13.1 Å². The fourth-order valence-corrected chi connectivity index (χ4v) is 1.56. The second-order valence-corrected chi connectivity index (χ2v) is 3.95. The van der Waals surface area contributed by atoms with Gasteiger partial charge >= 0.3 is 0 Å². The molecule has 0 heterocycles. The van der Waals surface area contributed by atoms with E-state index in [4.69, 9.17) is 6.42 Å². The van der Waals surface area contributed by atoms with Crippen molar-refractivity contribution in [2.45, 2.75) is 58.9 Å². The Bertz CT molecular complexity index is 157. The van der Waals surface area contributed by atoms with Gasteiger partial charge in [0.1, 0.15) is 0 Å². The lowest BCUT2D eigenvalue weighted by Gasteiger charge is -2.28. The zero-order chi connectivity index (χ0) is 10.8. The molecule has 0 aliphatic rings. The molecule has 1 heteroatoms. The Morgan fingerprint density at radius 1 is 1.21 bits per heavy atom. The molecule has 0 fully saturated rings. The van der Waals surface area contributed by atoms with Crippen molar-refractivity contribution in [1.82, 2.24) is 4.90 Å². The zero-order valence-corrected chi connectivity index (χ0v) is 10.1. The number of terminal acetylenes is 1. The summed E-state index contributed by atoms with van der Waals surface area (Å²) in [4.78, 5) is 2.57. The molecule has 1 unspecified atom stereocenters. The normalized spacial score (nSPS) is 12.8. The molecule has 14 heavy (non-hydrogen) atoms. The van der Waals surface area contributed by atoms with Crippen LogP contribution in [-0.2, 0) is 0 Å². The van der Waals surface area contributed by atoms with E-state index in [0.29, 0.717) is 6.04 Å². The third-order valence-electron chi connectivity index (χ3n) is 2.78. The van der Waals surface area contributed by atoms with Crippen molar-refractivity contribution >= 4 is 0 Å². The van der Waals surface area contributed by atoms with E-state index in [9.17, 15) is 0 Å². The van der Waals surface area contributed by atoms with Gasteiger partial charge in [0.25, 0.3) is 0 Å². The summed E-state index contributed by atoms with van der Waals surface area (Å²) in [5, 5.41) is 0. The third-order valence-corrected chi connectivity index (χ3v) is 2.78. The number of unbranched alkanes of at least 4 members (excludes halogenated alkanes) is 2. The Hall–Kier alpha value is -0.480. The molecule has 82 valence electrons. The van der Waals surface area contributed by atoms with Crippen molar-refractivity contribution in [3.63, 3.8) is 0 Å². The van der Waals surface area contributed by atoms with E-state index < -0.39 is 0 Å². The third kappa shape index (κ3) is 6.05. The van der Waals surface area contributed by atoms with Crippen molar-refractivity contribution in [3.8, 4) is 12.3 Å². The average Bonchev–Trinajstić information content (AvgIpc) is 2.22. The van der Waals surface area contributed by atoms with E-state index >= 15 is 0 Å². The molecule has 0 aromatic rings. The highest BCUT2D eigenvalue weighted by Crippen LogP contribution is 2.07. The number of hydrogen-bond donors (Lipinski definition) is 0. The Labute approximate surface area is 89.9 Å². The van der Waals surface area contributed by atoms with Crippen LogP contribution in [0.4, 0.5) is 0 Å². The monoisotopic (exact) mass is 195 g/mol. The molecular weight excluding hydrogens is 170 g/mol. The molecule has 0 aromatic heterocycles. The predicted octanol–water partition coefficient (Wildman–Crippen LogP) is 3.30. The maximum absolute atomic E-state index is 5.25. The zero-order valence-electron chi connectivity index (χ0n) is 10.1. The fraction of sp³-hybridized carbons (Fsp3) is 0.846. The van der Waals surface area contributed by atoms with Gasteiger partial charge in [0, 0.05) is 12.5 Å². The second kappa shape index (κ2) is 9.09. The Morgan fingerprint density at radius 2 is 1.86 bits per heavy atom. The smallest absolute Gasteiger partial charge is 0.00982 e. The predicted molar refractivity (Wildman–Crippen MR) is 64.3 cm³/mol. The van der Waals surface area contributed by atoms with Gasteiger partial charge in [-0.2, -0.15) is 0 Å². The van der Waals surface area contributed by atoms with Crippen LogP contribution in [-0.4, -0.2) is 24.0 Å². The van der Waals surface area contributed by atoms with Gasteiger partial charge in [0.2, 0.25) is 0 Å². The van der Waals surface area contributed by atoms with E-state index in [1.165, 1.54) is 32.4 Å². The molecule has 1 atom stereocenters. The molecule has 0 rings (SSSR count). The molecule has 0 saturated carbocycles.